The average molecular weight is 489 g/mol. The van der Waals surface area contributed by atoms with Crippen LogP contribution in [0.4, 0.5) is 11.4 Å². The Kier molecular flexibility index (Phi) is 7.11. The summed E-state index contributed by atoms with van der Waals surface area (Å²) in [5, 5.41) is 25.9. The number of aromatic nitrogens is 3. The zero-order chi connectivity index (χ0) is 24.9. The van der Waals surface area contributed by atoms with Crippen molar-refractivity contribution in [2.45, 2.75) is 33.1 Å². The summed E-state index contributed by atoms with van der Waals surface area (Å²) < 4.78 is 0. The van der Waals surface area contributed by atoms with Gasteiger partial charge in [-0.3, -0.25) is 20.2 Å². The molecule has 0 radical (unpaired) electrons. The summed E-state index contributed by atoms with van der Waals surface area (Å²) in [5.74, 6) is -0.665. The van der Waals surface area contributed by atoms with E-state index in [9.17, 15) is 14.9 Å². The number of nitrogens with zero attached hydrogens (tertiary/aromatic N) is 4. The van der Waals surface area contributed by atoms with Crippen LogP contribution in [0.15, 0.2) is 60.7 Å². The summed E-state index contributed by atoms with van der Waals surface area (Å²) in [6.07, 6.45) is 3.36. The van der Waals surface area contributed by atoms with Gasteiger partial charge in [0.15, 0.2) is 5.11 Å². The number of amides is 1. The number of nitro groups is 1. The molecule has 178 valence electrons. The molecule has 10 heteroatoms. The van der Waals surface area contributed by atoms with Crippen LogP contribution in [0.2, 0.25) is 0 Å². The highest BCUT2D eigenvalue weighted by Crippen LogP contribution is 2.23. The van der Waals surface area contributed by atoms with E-state index in [0.717, 1.165) is 36.0 Å². The van der Waals surface area contributed by atoms with Crippen LogP contribution < -0.4 is 10.6 Å². The van der Waals surface area contributed by atoms with Gasteiger partial charge in [-0.25, -0.2) is 0 Å². The van der Waals surface area contributed by atoms with Gasteiger partial charge in [0.05, 0.1) is 10.6 Å². The maximum atomic E-state index is 12.5. The first-order valence-corrected chi connectivity index (χ1v) is 11.6. The van der Waals surface area contributed by atoms with Crippen molar-refractivity contribution in [3.63, 3.8) is 0 Å². The second-order valence-corrected chi connectivity index (χ2v) is 8.51. The lowest BCUT2D eigenvalue weighted by atomic mass is 10.1. The molecule has 4 aromatic rings. The van der Waals surface area contributed by atoms with E-state index in [-0.39, 0.29) is 16.4 Å². The van der Waals surface area contributed by atoms with Gasteiger partial charge in [-0.15, -0.1) is 10.2 Å². The molecule has 2 N–H and O–H groups in total. The third kappa shape index (κ3) is 5.49. The fraction of sp³-hybridized carbons (Fsp3) is 0.200. The Morgan fingerprint density at radius 3 is 2.46 bits per heavy atom. The zero-order valence-corrected chi connectivity index (χ0v) is 20.1. The Hall–Kier alpha value is -4.18. The molecule has 0 aliphatic heterocycles. The highest BCUT2D eigenvalue weighted by molar-refractivity contribution is 7.80. The van der Waals surface area contributed by atoms with Gasteiger partial charge in [0.1, 0.15) is 16.6 Å². The number of anilines is 1. The number of carbonyl (C=O) groups excluding carboxylic acids is 1. The molecule has 0 aliphatic rings. The number of nitro benzene ring substituents is 1. The van der Waals surface area contributed by atoms with Gasteiger partial charge in [-0.1, -0.05) is 37.6 Å². The average Bonchev–Trinajstić information content (AvgIpc) is 3.25. The van der Waals surface area contributed by atoms with E-state index >= 15 is 0 Å². The highest BCUT2D eigenvalue weighted by atomic mass is 32.1. The smallest absolute Gasteiger partial charge is 0.282 e. The Morgan fingerprint density at radius 1 is 1.09 bits per heavy atom. The fourth-order valence-corrected chi connectivity index (χ4v) is 3.85. The molecule has 0 saturated carbocycles. The first-order valence-electron chi connectivity index (χ1n) is 11.2. The van der Waals surface area contributed by atoms with Crippen molar-refractivity contribution >= 4 is 45.6 Å². The molecule has 0 atom stereocenters. The second kappa shape index (κ2) is 10.4. The number of aryl methyl sites for hydroxylation is 2. The lowest BCUT2D eigenvalue weighted by Crippen LogP contribution is -2.34. The third-order valence-corrected chi connectivity index (χ3v) is 5.74. The van der Waals surface area contributed by atoms with Crippen LogP contribution in [0, 0.1) is 17.0 Å². The van der Waals surface area contributed by atoms with Crippen molar-refractivity contribution in [2.75, 3.05) is 5.32 Å². The van der Waals surface area contributed by atoms with Crippen molar-refractivity contribution in [2.24, 2.45) is 0 Å². The fourth-order valence-electron chi connectivity index (χ4n) is 3.64. The van der Waals surface area contributed by atoms with Gasteiger partial charge >= 0.3 is 0 Å². The minimum absolute atomic E-state index is 0.0191. The first kappa shape index (κ1) is 24.0. The predicted molar refractivity (Wildman–Crippen MR) is 139 cm³/mol. The molecule has 0 saturated heterocycles. The summed E-state index contributed by atoms with van der Waals surface area (Å²) in [6, 6.07) is 17.6. The van der Waals surface area contributed by atoms with Crippen LogP contribution >= 0.6 is 12.2 Å². The van der Waals surface area contributed by atoms with E-state index in [2.05, 4.69) is 39.9 Å². The van der Waals surface area contributed by atoms with Crippen molar-refractivity contribution in [3.8, 4) is 5.69 Å². The number of benzene rings is 3. The van der Waals surface area contributed by atoms with Crippen LogP contribution in [-0.4, -0.2) is 30.9 Å². The van der Waals surface area contributed by atoms with E-state index in [1.54, 1.807) is 16.9 Å². The van der Waals surface area contributed by atoms with Gasteiger partial charge < -0.3 is 5.32 Å². The molecule has 35 heavy (non-hydrogen) atoms. The number of nitrogens with one attached hydrogen (secondary N) is 2. The van der Waals surface area contributed by atoms with E-state index in [1.807, 2.05) is 25.1 Å². The van der Waals surface area contributed by atoms with Gasteiger partial charge in [0.25, 0.3) is 11.6 Å². The summed E-state index contributed by atoms with van der Waals surface area (Å²) >= 11 is 5.27. The lowest BCUT2D eigenvalue weighted by molar-refractivity contribution is -0.385. The Labute approximate surface area is 207 Å². The Morgan fingerprint density at radius 2 is 1.77 bits per heavy atom. The maximum absolute atomic E-state index is 12.5. The zero-order valence-electron chi connectivity index (χ0n) is 19.3. The van der Waals surface area contributed by atoms with E-state index in [4.69, 9.17) is 12.2 Å². The largest absolute Gasteiger partial charge is 0.332 e. The minimum Gasteiger partial charge on any atom is -0.332 e. The summed E-state index contributed by atoms with van der Waals surface area (Å²) in [6.45, 7) is 4.06. The molecule has 1 aromatic heterocycles. The van der Waals surface area contributed by atoms with Crippen LogP contribution in [0.1, 0.15) is 41.3 Å². The summed E-state index contributed by atoms with van der Waals surface area (Å²) in [4.78, 5) is 24.7. The number of unbranched alkanes of at least 4 members (excludes halogenated alkanes) is 1. The predicted octanol–water partition coefficient (Wildman–Crippen LogP) is 5.11. The van der Waals surface area contributed by atoms with E-state index in [0.29, 0.717) is 11.2 Å². The monoisotopic (exact) mass is 488 g/mol. The van der Waals surface area contributed by atoms with Crippen molar-refractivity contribution in [1.82, 2.24) is 20.3 Å². The van der Waals surface area contributed by atoms with Gasteiger partial charge in [0, 0.05) is 11.8 Å². The number of fused-ring (bicyclic) bond motifs is 1. The Balaban J connectivity index is 1.50. The molecule has 4 rings (SSSR count). The normalized spacial score (nSPS) is 10.8. The van der Waals surface area contributed by atoms with Crippen LogP contribution in [-0.2, 0) is 6.42 Å². The number of thiocarbonyl (C=S) groups is 1. The van der Waals surface area contributed by atoms with Crippen molar-refractivity contribution in [3.05, 3.63) is 87.5 Å². The van der Waals surface area contributed by atoms with Gasteiger partial charge in [0.2, 0.25) is 0 Å². The number of rotatable bonds is 7. The number of hydrogen-bond acceptors (Lipinski definition) is 6. The molecule has 1 heterocycles. The van der Waals surface area contributed by atoms with Gasteiger partial charge in [-0.2, -0.15) is 4.80 Å². The summed E-state index contributed by atoms with van der Waals surface area (Å²) in [5.41, 5.74) is 4.65. The molecule has 1 amide bonds. The molecular weight excluding hydrogens is 464 g/mol. The number of carbonyl (C=O) groups is 1. The number of hydrogen-bond donors (Lipinski definition) is 2. The van der Waals surface area contributed by atoms with Crippen molar-refractivity contribution in [1.29, 1.82) is 0 Å². The second-order valence-electron chi connectivity index (χ2n) is 8.10. The Bertz CT molecular complexity index is 1410. The third-order valence-electron chi connectivity index (χ3n) is 5.53. The lowest BCUT2D eigenvalue weighted by Gasteiger charge is -2.11. The SMILES string of the molecule is CCCCc1ccc(-n2nc3cc(C)c(NC(=S)NC(=O)c4ccccc4[N+](=O)[O-])cc3n2)cc1. The minimum atomic E-state index is -0.665. The molecule has 0 aliphatic carbocycles. The topological polar surface area (TPSA) is 115 Å². The van der Waals surface area contributed by atoms with E-state index in [1.165, 1.54) is 23.8 Å². The van der Waals surface area contributed by atoms with Crippen LogP contribution in [0.5, 0.6) is 0 Å². The van der Waals surface area contributed by atoms with Gasteiger partial charge in [-0.05, 0) is 73.4 Å². The highest BCUT2D eigenvalue weighted by Gasteiger charge is 2.20. The molecule has 0 bridgehead atoms. The van der Waals surface area contributed by atoms with Crippen LogP contribution in [0.3, 0.4) is 0 Å². The molecule has 9 nitrogen and oxygen atoms in total. The molecule has 0 spiro atoms. The molecule has 0 unspecified atom stereocenters. The quantitative estimate of drug-likeness (QED) is 0.211. The first-order chi connectivity index (χ1) is 16.9. The molecule has 3 aromatic carbocycles. The molecule has 0 fully saturated rings. The maximum Gasteiger partial charge on any atom is 0.282 e. The van der Waals surface area contributed by atoms with Crippen molar-refractivity contribution < 1.29 is 9.72 Å². The standard InChI is InChI=1S/C25H24N6O3S/c1-3-4-7-17-10-12-18(13-11-17)30-28-21-14-16(2)20(15-22(21)29-30)26-25(35)27-24(32)19-8-5-6-9-23(19)31(33)34/h5-6,8-15H,3-4,7H2,1-2H3,(H2,26,27,32,35). The van der Waals surface area contributed by atoms with E-state index < -0.39 is 10.8 Å². The molecular formula is C25H24N6O3S. The number of para-hydroxylation sites is 1. The summed E-state index contributed by atoms with van der Waals surface area (Å²) in [7, 11) is 0. The van der Waals surface area contributed by atoms with Crippen LogP contribution in [0.25, 0.3) is 16.7 Å².